The molecule has 29 heavy (non-hydrogen) atoms. The first-order valence-electron chi connectivity index (χ1n) is 10.0. The van der Waals surface area contributed by atoms with E-state index in [1.807, 2.05) is 36.6 Å². The number of hydrogen-bond donors (Lipinski definition) is 1. The number of para-hydroxylation sites is 1. The molecule has 3 rings (SSSR count). The minimum atomic E-state index is -3.56. The number of ether oxygens (including phenoxy) is 1. The van der Waals surface area contributed by atoms with Gasteiger partial charge in [0.25, 0.3) is 10.0 Å². The van der Waals surface area contributed by atoms with Crippen molar-refractivity contribution in [1.82, 2.24) is 5.32 Å². The van der Waals surface area contributed by atoms with Crippen molar-refractivity contribution in [2.24, 2.45) is 0 Å². The number of thiophene rings is 1. The summed E-state index contributed by atoms with van der Waals surface area (Å²) in [5.41, 5.74) is 1.69. The molecule has 1 aliphatic heterocycles. The number of carbonyl (C=O) groups is 1. The highest BCUT2D eigenvalue weighted by molar-refractivity contribution is 7.93. The maximum atomic E-state index is 13.0. The van der Waals surface area contributed by atoms with E-state index in [1.165, 1.54) is 15.6 Å². The summed E-state index contributed by atoms with van der Waals surface area (Å²) in [6.07, 6.45) is 4.26. The Balaban J connectivity index is 1.64. The van der Waals surface area contributed by atoms with Crippen molar-refractivity contribution in [2.75, 3.05) is 24.5 Å². The number of fused-ring (bicyclic) bond motifs is 2. The molecular weight excluding hydrogens is 408 g/mol. The van der Waals surface area contributed by atoms with Gasteiger partial charge in [0.1, 0.15) is 4.90 Å². The van der Waals surface area contributed by atoms with Gasteiger partial charge in [-0.1, -0.05) is 31.0 Å². The van der Waals surface area contributed by atoms with Crippen molar-refractivity contribution in [3.05, 3.63) is 46.2 Å². The van der Waals surface area contributed by atoms with Gasteiger partial charge in [-0.15, -0.1) is 11.3 Å². The zero-order valence-corrected chi connectivity index (χ0v) is 18.5. The Morgan fingerprint density at radius 2 is 1.93 bits per heavy atom. The Morgan fingerprint density at radius 3 is 2.72 bits per heavy atom. The maximum Gasteiger partial charge on any atom is 0.305 e. The number of rotatable bonds is 9. The molecule has 1 atom stereocenters. The Hall–Kier alpha value is -1.90. The van der Waals surface area contributed by atoms with Crippen LogP contribution >= 0.6 is 11.3 Å². The van der Waals surface area contributed by atoms with E-state index in [-0.39, 0.29) is 12.0 Å². The van der Waals surface area contributed by atoms with Gasteiger partial charge in [-0.2, -0.15) is 0 Å². The van der Waals surface area contributed by atoms with E-state index in [1.54, 1.807) is 13.1 Å². The van der Waals surface area contributed by atoms with Crippen LogP contribution in [0.3, 0.4) is 0 Å². The van der Waals surface area contributed by atoms with Gasteiger partial charge in [-0.3, -0.25) is 9.10 Å². The lowest BCUT2D eigenvalue weighted by atomic mass is 10.0. The fourth-order valence-corrected chi connectivity index (χ4v) is 6.36. The fourth-order valence-electron chi connectivity index (χ4n) is 3.60. The van der Waals surface area contributed by atoms with E-state index in [0.29, 0.717) is 23.6 Å². The van der Waals surface area contributed by atoms with Gasteiger partial charge in [-0.25, -0.2) is 8.42 Å². The second kappa shape index (κ2) is 9.73. The summed E-state index contributed by atoms with van der Waals surface area (Å²) < 4.78 is 32.3. The van der Waals surface area contributed by atoms with Gasteiger partial charge in [0.2, 0.25) is 0 Å². The largest absolute Gasteiger partial charge is 0.466 e. The first-order valence-corrected chi connectivity index (χ1v) is 12.3. The number of unbranched alkanes of at least 4 members (excludes halogenated alkanes) is 3. The molecule has 0 bridgehead atoms. The number of nitrogens with zero attached hydrogens (tertiary/aromatic N) is 1. The highest BCUT2D eigenvalue weighted by Crippen LogP contribution is 2.42. The Bertz CT molecular complexity index is 940. The van der Waals surface area contributed by atoms with Gasteiger partial charge in [0, 0.05) is 18.3 Å². The van der Waals surface area contributed by atoms with Crippen LogP contribution in [-0.4, -0.2) is 34.6 Å². The van der Waals surface area contributed by atoms with Gasteiger partial charge in [-0.05, 0) is 49.4 Å². The second-order valence-electron chi connectivity index (χ2n) is 7.04. The van der Waals surface area contributed by atoms with Crippen molar-refractivity contribution in [3.8, 4) is 0 Å². The molecule has 1 aromatic heterocycles. The number of benzene rings is 1. The minimum Gasteiger partial charge on any atom is -0.466 e. The zero-order valence-electron chi connectivity index (χ0n) is 16.9. The molecule has 0 spiro atoms. The molecule has 8 heteroatoms. The van der Waals surface area contributed by atoms with Crippen LogP contribution in [0.25, 0.3) is 0 Å². The van der Waals surface area contributed by atoms with E-state index in [0.717, 1.165) is 42.7 Å². The number of carbonyl (C=O) groups excluding carboxylic acids is 1. The smallest absolute Gasteiger partial charge is 0.305 e. The molecule has 0 radical (unpaired) electrons. The van der Waals surface area contributed by atoms with E-state index >= 15 is 0 Å². The predicted octanol–water partition coefficient (Wildman–Crippen LogP) is 4.08. The van der Waals surface area contributed by atoms with Gasteiger partial charge in [0.05, 0.1) is 18.3 Å². The summed E-state index contributed by atoms with van der Waals surface area (Å²) in [5.74, 6) is -0.128. The van der Waals surface area contributed by atoms with Crippen LogP contribution in [0.15, 0.2) is 40.6 Å². The third-order valence-corrected chi connectivity index (χ3v) is 8.05. The quantitative estimate of drug-likeness (QED) is 0.474. The van der Waals surface area contributed by atoms with E-state index in [4.69, 9.17) is 4.74 Å². The average Bonchev–Trinajstić information content (AvgIpc) is 3.18. The molecule has 6 nitrogen and oxygen atoms in total. The van der Waals surface area contributed by atoms with Gasteiger partial charge in [0.15, 0.2) is 0 Å². The summed E-state index contributed by atoms with van der Waals surface area (Å²) in [7, 11) is -1.94. The van der Waals surface area contributed by atoms with Gasteiger partial charge < -0.3 is 10.1 Å². The van der Waals surface area contributed by atoms with Crippen LogP contribution in [0, 0.1) is 0 Å². The minimum absolute atomic E-state index is 0.128. The van der Waals surface area contributed by atoms with Crippen LogP contribution in [-0.2, 0) is 19.6 Å². The summed E-state index contributed by atoms with van der Waals surface area (Å²) in [6, 6.07) is 9.20. The predicted molar refractivity (Wildman–Crippen MR) is 116 cm³/mol. The highest BCUT2D eigenvalue weighted by Gasteiger charge is 2.35. The number of nitrogens with one attached hydrogen (secondary N) is 1. The first-order chi connectivity index (χ1) is 14.0. The Kier molecular flexibility index (Phi) is 7.32. The second-order valence-corrected chi connectivity index (χ2v) is 9.92. The maximum absolute atomic E-state index is 13.0. The third-order valence-electron chi connectivity index (χ3n) is 5.11. The monoisotopic (exact) mass is 436 g/mol. The summed E-state index contributed by atoms with van der Waals surface area (Å²) in [5, 5.41) is 5.41. The Labute approximate surface area is 176 Å². The Morgan fingerprint density at radius 1 is 1.17 bits per heavy atom. The molecule has 1 N–H and O–H groups in total. The topological polar surface area (TPSA) is 75.7 Å². The van der Waals surface area contributed by atoms with Crippen molar-refractivity contribution >= 4 is 33.0 Å². The molecule has 0 saturated heterocycles. The molecule has 2 aromatic rings. The molecule has 158 valence electrons. The molecule has 0 fully saturated rings. The van der Waals surface area contributed by atoms with Crippen LogP contribution in [0.2, 0.25) is 0 Å². The SMILES string of the molecule is CCOC(=O)CCCCCCNC1c2ccccc2N(C)S(=O)(=O)c2ccsc21. The number of anilines is 1. The molecule has 1 aromatic carbocycles. The lowest BCUT2D eigenvalue weighted by molar-refractivity contribution is -0.143. The van der Waals surface area contributed by atoms with E-state index < -0.39 is 10.0 Å². The summed E-state index contributed by atoms with van der Waals surface area (Å²) in [6.45, 7) is 3.03. The van der Waals surface area contributed by atoms with Crippen LogP contribution in [0.4, 0.5) is 5.69 Å². The molecule has 2 heterocycles. The zero-order chi connectivity index (χ0) is 20.9. The van der Waals surface area contributed by atoms with E-state index in [2.05, 4.69) is 5.32 Å². The third kappa shape index (κ3) is 4.82. The summed E-state index contributed by atoms with van der Waals surface area (Å²) >= 11 is 1.47. The fraction of sp³-hybridized carbons (Fsp3) is 0.476. The number of sulfonamides is 1. The molecule has 1 aliphatic rings. The summed E-state index contributed by atoms with van der Waals surface area (Å²) in [4.78, 5) is 12.6. The molecular formula is C21H28N2O4S2. The molecule has 0 saturated carbocycles. The highest BCUT2D eigenvalue weighted by atomic mass is 32.2. The average molecular weight is 437 g/mol. The van der Waals surface area contributed by atoms with Crippen molar-refractivity contribution in [3.63, 3.8) is 0 Å². The van der Waals surface area contributed by atoms with Gasteiger partial charge >= 0.3 is 5.97 Å². The lowest BCUT2D eigenvalue weighted by Gasteiger charge is -2.21. The molecule has 0 amide bonds. The standard InChI is InChI=1S/C21H28N2O4S2/c1-3-27-19(24)12-6-4-5-9-14-22-20-16-10-7-8-11-17(16)23(2)29(25,26)18-13-15-28-21(18)20/h7-8,10-11,13,15,20,22H,3-6,9,12,14H2,1-2H3. The van der Waals surface area contributed by atoms with Crippen molar-refractivity contribution in [1.29, 1.82) is 0 Å². The van der Waals surface area contributed by atoms with Crippen LogP contribution in [0.1, 0.15) is 55.5 Å². The number of esters is 1. The van der Waals surface area contributed by atoms with Crippen molar-refractivity contribution < 1.29 is 17.9 Å². The number of hydrogen-bond acceptors (Lipinski definition) is 6. The van der Waals surface area contributed by atoms with Crippen LogP contribution in [0.5, 0.6) is 0 Å². The van der Waals surface area contributed by atoms with E-state index in [9.17, 15) is 13.2 Å². The molecule has 0 aliphatic carbocycles. The normalized spacial score (nSPS) is 17.3. The van der Waals surface area contributed by atoms with Crippen LogP contribution < -0.4 is 9.62 Å². The molecule has 1 unspecified atom stereocenters. The van der Waals surface area contributed by atoms with Crippen molar-refractivity contribution in [2.45, 2.75) is 50.0 Å². The lowest BCUT2D eigenvalue weighted by Crippen LogP contribution is -2.26. The first kappa shape index (κ1) is 21.8.